The Morgan fingerprint density at radius 2 is 2.17 bits per heavy atom. The van der Waals surface area contributed by atoms with Crippen molar-refractivity contribution in [3.63, 3.8) is 0 Å². The molecule has 1 heterocycles. The number of nitrogens with one attached hydrogen (secondary N) is 1. The molecule has 4 heteroatoms. The standard InChI is InChI=1S/C14H24N2OS/c1-10(2)8-11(15)13(17)16-9-14(3,4)12-6-5-7-18-12/h5-7,10-11H,8-9,15H2,1-4H3,(H,16,17)/t11-/m1/s1. The molecule has 1 atom stereocenters. The Labute approximate surface area is 114 Å². The third kappa shape index (κ3) is 4.42. The van der Waals surface area contributed by atoms with Crippen LogP contribution in [0.4, 0.5) is 0 Å². The molecule has 3 nitrogen and oxygen atoms in total. The van der Waals surface area contributed by atoms with Gasteiger partial charge in [0, 0.05) is 16.8 Å². The number of rotatable bonds is 6. The molecule has 1 aromatic rings. The van der Waals surface area contributed by atoms with E-state index in [1.807, 2.05) is 6.07 Å². The van der Waals surface area contributed by atoms with E-state index in [9.17, 15) is 4.79 Å². The lowest BCUT2D eigenvalue weighted by molar-refractivity contribution is -0.122. The number of hydrogen-bond acceptors (Lipinski definition) is 3. The molecule has 18 heavy (non-hydrogen) atoms. The van der Waals surface area contributed by atoms with Crippen molar-refractivity contribution in [2.75, 3.05) is 6.54 Å². The Morgan fingerprint density at radius 3 is 2.67 bits per heavy atom. The molecule has 0 saturated carbocycles. The molecular formula is C14H24N2OS. The van der Waals surface area contributed by atoms with Gasteiger partial charge < -0.3 is 11.1 Å². The molecule has 0 aliphatic rings. The van der Waals surface area contributed by atoms with Crippen molar-refractivity contribution >= 4 is 17.2 Å². The molecule has 1 aromatic heterocycles. The van der Waals surface area contributed by atoms with E-state index in [4.69, 9.17) is 5.73 Å². The highest BCUT2D eigenvalue weighted by molar-refractivity contribution is 7.10. The van der Waals surface area contributed by atoms with Gasteiger partial charge in [-0.2, -0.15) is 0 Å². The number of carbonyl (C=O) groups excluding carboxylic acids is 1. The first kappa shape index (κ1) is 15.2. The molecule has 0 aliphatic carbocycles. The molecule has 0 saturated heterocycles. The molecule has 3 N–H and O–H groups in total. The minimum absolute atomic E-state index is 0.0403. The van der Waals surface area contributed by atoms with Crippen molar-refractivity contribution in [1.82, 2.24) is 5.32 Å². The Kier molecular flexibility index (Phi) is 5.35. The zero-order valence-corrected chi connectivity index (χ0v) is 12.5. The van der Waals surface area contributed by atoms with Gasteiger partial charge in [-0.15, -0.1) is 11.3 Å². The molecular weight excluding hydrogens is 244 g/mol. The first-order valence-electron chi connectivity index (χ1n) is 6.40. The molecule has 0 aromatic carbocycles. The number of amides is 1. The molecule has 0 fully saturated rings. The molecule has 102 valence electrons. The fourth-order valence-electron chi connectivity index (χ4n) is 1.80. The van der Waals surface area contributed by atoms with Crippen LogP contribution in [-0.4, -0.2) is 18.5 Å². The van der Waals surface area contributed by atoms with Crippen molar-refractivity contribution < 1.29 is 4.79 Å². The van der Waals surface area contributed by atoms with E-state index in [0.29, 0.717) is 12.5 Å². The normalized spacial score (nSPS) is 13.7. The molecule has 1 rings (SSSR count). The van der Waals surface area contributed by atoms with Gasteiger partial charge in [0.15, 0.2) is 0 Å². The summed E-state index contributed by atoms with van der Waals surface area (Å²) in [4.78, 5) is 13.1. The summed E-state index contributed by atoms with van der Waals surface area (Å²) in [6, 6.07) is 3.74. The van der Waals surface area contributed by atoms with Crippen LogP contribution in [0.2, 0.25) is 0 Å². The van der Waals surface area contributed by atoms with Gasteiger partial charge in [0.1, 0.15) is 0 Å². The second-order valence-corrected chi connectivity index (χ2v) is 6.76. The number of thiophene rings is 1. The Hall–Kier alpha value is -0.870. The minimum atomic E-state index is -0.399. The van der Waals surface area contributed by atoms with Crippen molar-refractivity contribution in [3.05, 3.63) is 22.4 Å². The number of carbonyl (C=O) groups is 1. The minimum Gasteiger partial charge on any atom is -0.354 e. The molecule has 0 radical (unpaired) electrons. The van der Waals surface area contributed by atoms with Crippen LogP contribution >= 0.6 is 11.3 Å². The zero-order valence-electron chi connectivity index (χ0n) is 11.7. The topological polar surface area (TPSA) is 55.1 Å². The van der Waals surface area contributed by atoms with Crippen molar-refractivity contribution in [2.24, 2.45) is 11.7 Å². The van der Waals surface area contributed by atoms with Gasteiger partial charge in [-0.3, -0.25) is 4.79 Å². The van der Waals surface area contributed by atoms with Crippen LogP contribution in [0.5, 0.6) is 0 Å². The summed E-state index contributed by atoms with van der Waals surface area (Å²) in [6.45, 7) is 9.03. The monoisotopic (exact) mass is 268 g/mol. The van der Waals surface area contributed by atoms with E-state index in [2.05, 4.69) is 44.5 Å². The van der Waals surface area contributed by atoms with E-state index >= 15 is 0 Å². The zero-order chi connectivity index (χ0) is 13.8. The van der Waals surface area contributed by atoms with Gasteiger partial charge in [0.2, 0.25) is 5.91 Å². The fourth-order valence-corrected chi connectivity index (χ4v) is 2.66. The summed E-state index contributed by atoms with van der Waals surface area (Å²) in [5.74, 6) is 0.393. The van der Waals surface area contributed by atoms with Crippen molar-refractivity contribution in [2.45, 2.75) is 45.6 Å². The van der Waals surface area contributed by atoms with E-state index in [1.165, 1.54) is 4.88 Å². The van der Waals surface area contributed by atoms with Gasteiger partial charge >= 0.3 is 0 Å². The maximum absolute atomic E-state index is 11.9. The van der Waals surface area contributed by atoms with Crippen LogP contribution in [0.15, 0.2) is 17.5 Å². The van der Waals surface area contributed by atoms with Crippen LogP contribution in [0, 0.1) is 5.92 Å². The maximum Gasteiger partial charge on any atom is 0.236 e. The predicted molar refractivity (Wildman–Crippen MR) is 77.8 cm³/mol. The highest BCUT2D eigenvalue weighted by atomic mass is 32.1. The first-order chi connectivity index (χ1) is 8.33. The van der Waals surface area contributed by atoms with Crippen LogP contribution in [-0.2, 0) is 10.2 Å². The van der Waals surface area contributed by atoms with E-state index in [-0.39, 0.29) is 11.3 Å². The largest absolute Gasteiger partial charge is 0.354 e. The first-order valence-corrected chi connectivity index (χ1v) is 7.28. The highest BCUT2D eigenvalue weighted by Gasteiger charge is 2.24. The third-order valence-electron chi connectivity index (χ3n) is 2.95. The molecule has 0 bridgehead atoms. The van der Waals surface area contributed by atoms with Gasteiger partial charge in [-0.05, 0) is 23.8 Å². The molecule has 0 aliphatic heterocycles. The molecule has 0 unspecified atom stereocenters. The summed E-state index contributed by atoms with van der Waals surface area (Å²) in [5.41, 5.74) is 5.82. The van der Waals surface area contributed by atoms with Gasteiger partial charge in [0.25, 0.3) is 0 Å². The Morgan fingerprint density at radius 1 is 1.50 bits per heavy atom. The summed E-state index contributed by atoms with van der Waals surface area (Å²) in [5, 5.41) is 5.02. The second-order valence-electron chi connectivity index (χ2n) is 5.82. The van der Waals surface area contributed by atoms with E-state index < -0.39 is 6.04 Å². The van der Waals surface area contributed by atoms with Crippen LogP contribution in [0.1, 0.15) is 39.0 Å². The number of hydrogen-bond donors (Lipinski definition) is 2. The average Bonchev–Trinajstić information content (AvgIpc) is 2.78. The summed E-state index contributed by atoms with van der Waals surface area (Å²) in [6.07, 6.45) is 0.727. The summed E-state index contributed by atoms with van der Waals surface area (Å²) >= 11 is 1.72. The Bertz CT molecular complexity index is 371. The van der Waals surface area contributed by atoms with Gasteiger partial charge in [0.05, 0.1) is 6.04 Å². The average molecular weight is 268 g/mol. The van der Waals surface area contributed by atoms with E-state index in [1.54, 1.807) is 11.3 Å². The molecule has 1 amide bonds. The van der Waals surface area contributed by atoms with Crippen molar-refractivity contribution in [1.29, 1.82) is 0 Å². The lowest BCUT2D eigenvalue weighted by atomic mass is 9.91. The third-order valence-corrected chi connectivity index (χ3v) is 4.19. The highest BCUT2D eigenvalue weighted by Crippen LogP contribution is 2.26. The smallest absolute Gasteiger partial charge is 0.236 e. The summed E-state index contributed by atoms with van der Waals surface area (Å²) < 4.78 is 0. The fraction of sp³-hybridized carbons (Fsp3) is 0.643. The van der Waals surface area contributed by atoms with Crippen LogP contribution in [0.25, 0.3) is 0 Å². The lowest BCUT2D eigenvalue weighted by Crippen LogP contribution is -2.45. The van der Waals surface area contributed by atoms with Crippen LogP contribution in [0.3, 0.4) is 0 Å². The second kappa shape index (κ2) is 6.34. The maximum atomic E-state index is 11.9. The SMILES string of the molecule is CC(C)C[C@@H](N)C(=O)NCC(C)(C)c1cccs1. The number of nitrogens with two attached hydrogens (primary N) is 1. The predicted octanol–water partition coefficient (Wildman–Crippen LogP) is 2.52. The quantitative estimate of drug-likeness (QED) is 0.833. The summed E-state index contributed by atoms with van der Waals surface area (Å²) in [7, 11) is 0. The lowest BCUT2D eigenvalue weighted by Gasteiger charge is -2.25. The van der Waals surface area contributed by atoms with E-state index in [0.717, 1.165) is 6.42 Å². The van der Waals surface area contributed by atoms with Crippen molar-refractivity contribution in [3.8, 4) is 0 Å². The van der Waals surface area contributed by atoms with Gasteiger partial charge in [-0.1, -0.05) is 33.8 Å². The molecule has 0 spiro atoms. The van der Waals surface area contributed by atoms with Crippen LogP contribution < -0.4 is 11.1 Å². The van der Waals surface area contributed by atoms with Gasteiger partial charge in [-0.25, -0.2) is 0 Å². The Balaban J connectivity index is 2.47.